The van der Waals surface area contributed by atoms with E-state index in [0.29, 0.717) is 8.58 Å². The molecule has 0 bridgehead atoms. The lowest BCUT2D eigenvalue weighted by molar-refractivity contribution is 1.65. The third-order valence-corrected chi connectivity index (χ3v) is 12.5. The maximum atomic E-state index is 2.41. The molecule has 0 N–H and O–H groups in total. The number of benzene rings is 8. The van der Waals surface area contributed by atoms with Crippen molar-refractivity contribution in [1.29, 1.82) is 0 Å². The summed E-state index contributed by atoms with van der Waals surface area (Å²) in [5.41, 5.74) is 5.27. The van der Waals surface area contributed by atoms with E-state index in [2.05, 4.69) is 188 Å². The second-order valence-corrected chi connectivity index (χ2v) is 14.9. The van der Waals surface area contributed by atoms with Gasteiger partial charge in [0.15, 0.2) is 0 Å². The van der Waals surface area contributed by atoms with Crippen molar-refractivity contribution < 1.29 is 0 Å². The van der Waals surface area contributed by atoms with Crippen LogP contribution < -0.4 is 26.5 Å². The Morgan fingerprint density at radius 3 is 1.50 bits per heavy atom. The number of hydrogen-bond donors (Lipinski definition) is 0. The Hall–Kier alpha value is -4.86. The second-order valence-electron chi connectivity index (χ2n) is 11.4. The predicted octanol–water partition coefficient (Wildman–Crippen LogP) is 9.71. The van der Waals surface area contributed by atoms with Crippen molar-refractivity contribution in [1.82, 2.24) is 0 Å². The molecule has 0 aliphatic heterocycles. The molecule has 1 atom stereocenters. The average molecular weight is 623 g/mol. The van der Waals surface area contributed by atoms with Crippen molar-refractivity contribution in [2.75, 3.05) is 0 Å². The summed E-state index contributed by atoms with van der Waals surface area (Å²) in [4.78, 5) is 0. The van der Waals surface area contributed by atoms with Crippen LogP contribution in [0.2, 0.25) is 0 Å². The highest BCUT2D eigenvalue weighted by atomic mass is 31.1. The van der Waals surface area contributed by atoms with E-state index in [9.17, 15) is 0 Å². The van der Waals surface area contributed by atoms with Gasteiger partial charge in [-0.1, -0.05) is 197 Å². The molecule has 8 aromatic carbocycles. The zero-order chi connectivity index (χ0) is 30.7. The number of fused-ring (bicyclic) bond motifs is 2. The maximum absolute atomic E-state index is 2.41. The lowest BCUT2D eigenvalue weighted by atomic mass is 9.93. The Balaban J connectivity index is 1.44. The third kappa shape index (κ3) is 5.46. The smallest absolute Gasteiger partial charge is 0.000905 e. The van der Waals surface area contributed by atoms with Crippen LogP contribution in [0.15, 0.2) is 188 Å². The Morgan fingerprint density at radius 2 is 0.848 bits per heavy atom. The van der Waals surface area contributed by atoms with Crippen molar-refractivity contribution >= 4 is 64.6 Å². The quantitative estimate of drug-likeness (QED) is 0.155. The van der Waals surface area contributed by atoms with Crippen LogP contribution in [0.25, 0.3) is 43.8 Å². The van der Waals surface area contributed by atoms with Gasteiger partial charge in [0.25, 0.3) is 0 Å². The van der Waals surface area contributed by atoms with Gasteiger partial charge in [0, 0.05) is 0 Å². The molecule has 46 heavy (non-hydrogen) atoms. The third-order valence-electron chi connectivity index (χ3n) is 8.64. The second kappa shape index (κ2) is 12.9. The normalized spacial score (nSPS) is 11.6. The maximum Gasteiger partial charge on any atom is -0.000905 e. The largest absolute Gasteiger partial charge is 0.0622 e. The molecule has 0 amide bonds. The Morgan fingerprint density at radius 1 is 0.348 bits per heavy atom. The van der Waals surface area contributed by atoms with Gasteiger partial charge in [-0.2, -0.15) is 0 Å². The minimum absolute atomic E-state index is 0.490. The fourth-order valence-electron chi connectivity index (χ4n) is 6.54. The van der Waals surface area contributed by atoms with Gasteiger partial charge in [-0.05, 0) is 78.2 Å². The molecule has 0 aromatic heterocycles. The molecule has 8 aromatic rings. The van der Waals surface area contributed by atoms with Gasteiger partial charge in [-0.25, -0.2) is 0 Å². The lowest BCUT2D eigenvalue weighted by Gasteiger charge is -2.26. The molecule has 0 saturated heterocycles. The summed E-state index contributed by atoms with van der Waals surface area (Å²) in [5, 5.41) is 12.0. The standard InChI is InChI=1S/C44H32P2/c1-4-16-32(17-5-1)37-24-14-15-27-40(37)45-41-30-28-33-18-10-12-25-38(33)43(41)44-39-26-13-11-19-34(39)29-31-42(44)46(35-20-6-2-7-21-35)36-22-8-3-9-23-36/h1-31,45H. The summed E-state index contributed by atoms with van der Waals surface area (Å²) < 4.78 is 0. The molecule has 0 nitrogen and oxygen atoms in total. The number of rotatable bonds is 7. The van der Waals surface area contributed by atoms with Crippen LogP contribution in [0.4, 0.5) is 0 Å². The van der Waals surface area contributed by atoms with Gasteiger partial charge < -0.3 is 0 Å². The number of hydrogen-bond acceptors (Lipinski definition) is 0. The zero-order valence-electron chi connectivity index (χ0n) is 25.3. The van der Waals surface area contributed by atoms with Crippen molar-refractivity contribution in [3.63, 3.8) is 0 Å². The topological polar surface area (TPSA) is 0 Å². The fraction of sp³-hybridized carbons (Fsp3) is 0. The van der Waals surface area contributed by atoms with E-state index < -0.39 is 7.92 Å². The summed E-state index contributed by atoms with van der Waals surface area (Å²) in [6.45, 7) is 0. The minimum Gasteiger partial charge on any atom is -0.0622 e. The van der Waals surface area contributed by atoms with Crippen LogP contribution >= 0.6 is 16.5 Å². The summed E-state index contributed by atoms with van der Waals surface area (Å²) in [5.74, 6) is 0. The van der Waals surface area contributed by atoms with Crippen LogP contribution in [0.1, 0.15) is 0 Å². The predicted molar refractivity (Wildman–Crippen MR) is 205 cm³/mol. The van der Waals surface area contributed by atoms with Crippen molar-refractivity contribution in [3.05, 3.63) is 188 Å². The fourth-order valence-corrected chi connectivity index (χ4v) is 10.4. The van der Waals surface area contributed by atoms with E-state index in [4.69, 9.17) is 0 Å². The van der Waals surface area contributed by atoms with Crippen LogP contribution in [-0.4, -0.2) is 0 Å². The van der Waals surface area contributed by atoms with Crippen molar-refractivity contribution in [2.45, 2.75) is 0 Å². The molecule has 0 spiro atoms. The van der Waals surface area contributed by atoms with E-state index >= 15 is 0 Å². The first-order valence-corrected chi connectivity index (χ1v) is 18.0. The van der Waals surface area contributed by atoms with Crippen LogP contribution in [0, 0.1) is 0 Å². The van der Waals surface area contributed by atoms with Gasteiger partial charge in [0.1, 0.15) is 0 Å². The molecule has 8 rings (SSSR count). The molecular formula is C44H32P2. The van der Waals surface area contributed by atoms with Crippen LogP contribution in [0.5, 0.6) is 0 Å². The molecule has 218 valence electrons. The molecule has 0 fully saturated rings. The SMILES string of the molecule is c1ccc(-c2ccccc2Pc2ccc3ccccc3c2-c2c(P(c3ccccc3)c3ccccc3)ccc3ccccc23)cc1. The summed E-state index contributed by atoms with van der Waals surface area (Å²) in [7, 11) is -0.340. The van der Waals surface area contributed by atoms with Gasteiger partial charge >= 0.3 is 0 Å². The van der Waals surface area contributed by atoms with E-state index in [0.717, 1.165) is 0 Å². The lowest BCUT2D eigenvalue weighted by Crippen LogP contribution is -2.23. The first-order chi connectivity index (χ1) is 22.8. The molecule has 0 aliphatic carbocycles. The van der Waals surface area contributed by atoms with E-state index in [-0.39, 0.29) is 0 Å². The van der Waals surface area contributed by atoms with E-state index in [1.807, 2.05) is 0 Å². The highest BCUT2D eigenvalue weighted by Crippen LogP contribution is 2.43. The van der Waals surface area contributed by atoms with Crippen molar-refractivity contribution in [3.8, 4) is 22.3 Å². The molecule has 0 aliphatic rings. The van der Waals surface area contributed by atoms with E-state index in [1.54, 1.807) is 0 Å². The minimum atomic E-state index is -0.830. The average Bonchev–Trinajstić information content (AvgIpc) is 3.13. The molecular weight excluding hydrogens is 590 g/mol. The highest BCUT2D eigenvalue weighted by Gasteiger charge is 2.25. The van der Waals surface area contributed by atoms with Crippen LogP contribution in [-0.2, 0) is 0 Å². The summed E-state index contributed by atoms with van der Waals surface area (Å²) in [6, 6.07) is 69.2. The van der Waals surface area contributed by atoms with Gasteiger partial charge in [-0.15, -0.1) is 0 Å². The Kier molecular flexibility index (Phi) is 8.00. The Bertz CT molecular complexity index is 2240. The summed E-state index contributed by atoms with van der Waals surface area (Å²) >= 11 is 0. The summed E-state index contributed by atoms with van der Waals surface area (Å²) in [6.07, 6.45) is 0. The molecule has 1 unspecified atom stereocenters. The highest BCUT2D eigenvalue weighted by molar-refractivity contribution is 7.80. The monoisotopic (exact) mass is 622 g/mol. The van der Waals surface area contributed by atoms with Gasteiger partial charge in [-0.3, -0.25) is 0 Å². The molecule has 2 heteroatoms. The Labute approximate surface area is 273 Å². The first-order valence-electron chi connectivity index (χ1n) is 15.7. The van der Waals surface area contributed by atoms with Gasteiger partial charge in [0.2, 0.25) is 0 Å². The van der Waals surface area contributed by atoms with E-state index in [1.165, 1.54) is 70.3 Å². The molecule has 0 heterocycles. The first kappa shape index (κ1) is 28.6. The molecule has 0 saturated carbocycles. The zero-order valence-corrected chi connectivity index (χ0v) is 27.2. The molecule has 0 radical (unpaired) electrons. The van der Waals surface area contributed by atoms with Gasteiger partial charge in [0.05, 0.1) is 0 Å². The van der Waals surface area contributed by atoms with Crippen LogP contribution in [0.3, 0.4) is 0 Å². The van der Waals surface area contributed by atoms with Crippen molar-refractivity contribution in [2.24, 2.45) is 0 Å².